The van der Waals surface area contributed by atoms with Gasteiger partial charge in [0.25, 0.3) is 0 Å². The lowest BCUT2D eigenvalue weighted by molar-refractivity contribution is 0.0325. The summed E-state index contributed by atoms with van der Waals surface area (Å²) in [6.45, 7) is 6.96. The van der Waals surface area contributed by atoms with E-state index in [9.17, 15) is 4.39 Å². The molecule has 6 heteroatoms. The Kier molecular flexibility index (Phi) is 9.35. The maximum absolute atomic E-state index is 15.1. The number of rotatable bonds is 10. The summed E-state index contributed by atoms with van der Waals surface area (Å²) < 4.78 is 61.3. The van der Waals surface area contributed by atoms with Crippen LogP contribution in [0.4, 0.5) is 13.2 Å². The predicted molar refractivity (Wildman–Crippen MR) is 135 cm³/mol. The first kappa shape index (κ1) is 26.6. The Bertz CT molecular complexity index is 1010. The van der Waals surface area contributed by atoms with Crippen molar-refractivity contribution in [1.29, 1.82) is 0 Å². The molecule has 0 spiro atoms. The lowest BCUT2D eigenvalue weighted by atomic mass is 9.77. The molecule has 2 saturated carbocycles. The van der Waals surface area contributed by atoms with E-state index < -0.39 is 17.5 Å². The standard InChI is InChI=1S/C30H37F3O3/c1-3-17-35-24-13-16-28(27(31)18-24)36-19-20-5-7-21(8-6-20)25-14-15-26(30(33)29(25)32)22-9-11-23(12-10-22)34-4-2/h3,13-16,18,20-23H,1,4-12,17,19H2,2H3. The van der Waals surface area contributed by atoms with E-state index in [-0.39, 0.29) is 29.6 Å². The topological polar surface area (TPSA) is 27.7 Å². The van der Waals surface area contributed by atoms with Crippen molar-refractivity contribution in [2.45, 2.75) is 76.2 Å². The van der Waals surface area contributed by atoms with Crippen LogP contribution in [0.1, 0.15) is 81.3 Å². The molecule has 0 unspecified atom stereocenters. The molecule has 0 saturated heterocycles. The summed E-state index contributed by atoms with van der Waals surface area (Å²) in [7, 11) is 0. The van der Waals surface area contributed by atoms with Crippen LogP contribution in [0.2, 0.25) is 0 Å². The van der Waals surface area contributed by atoms with Crippen molar-refractivity contribution >= 4 is 0 Å². The molecule has 0 heterocycles. The van der Waals surface area contributed by atoms with Crippen LogP contribution in [0.5, 0.6) is 11.5 Å². The fraction of sp³-hybridized carbons (Fsp3) is 0.533. The van der Waals surface area contributed by atoms with Crippen molar-refractivity contribution in [2.24, 2.45) is 5.92 Å². The smallest absolute Gasteiger partial charge is 0.168 e. The Morgan fingerprint density at radius 1 is 0.833 bits per heavy atom. The third-order valence-electron chi connectivity index (χ3n) is 7.69. The highest BCUT2D eigenvalue weighted by Gasteiger charge is 2.30. The van der Waals surface area contributed by atoms with E-state index in [4.69, 9.17) is 14.2 Å². The van der Waals surface area contributed by atoms with E-state index in [1.807, 2.05) is 6.92 Å². The zero-order chi connectivity index (χ0) is 25.5. The molecule has 0 radical (unpaired) electrons. The third kappa shape index (κ3) is 6.44. The number of hydrogen-bond donors (Lipinski definition) is 0. The number of hydrogen-bond acceptors (Lipinski definition) is 3. The van der Waals surface area contributed by atoms with Gasteiger partial charge in [-0.15, -0.1) is 0 Å². The van der Waals surface area contributed by atoms with Gasteiger partial charge < -0.3 is 14.2 Å². The Labute approximate surface area is 212 Å². The Hall–Kier alpha value is -2.47. The highest BCUT2D eigenvalue weighted by Crippen LogP contribution is 2.41. The molecule has 3 nitrogen and oxygen atoms in total. The monoisotopic (exact) mass is 502 g/mol. The van der Waals surface area contributed by atoms with Crippen molar-refractivity contribution in [1.82, 2.24) is 0 Å². The van der Waals surface area contributed by atoms with Gasteiger partial charge >= 0.3 is 0 Å². The van der Waals surface area contributed by atoms with Crippen LogP contribution in [0.15, 0.2) is 43.0 Å². The minimum absolute atomic E-state index is 0.00322. The van der Waals surface area contributed by atoms with Gasteiger partial charge in [-0.3, -0.25) is 0 Å². The maximum atomic E-state index is 15.1. The second kappa shape index (κ2) is 12.7. The fourth-order valence-electron chi connectivity index (χ4n) is 5.68. The second-order valence-corrected chi connectivity index (χ2v) is 10.0. The zero-order valence-electron chi connectivity index (χ0n) is 21.1. The van der Waals surface area contributed by atoms with E-state index in [1.54, 1.807) is 30.3 Å². The van der Waals surface area contributed by atoms with Crippen LogP contribution in [0.3, 0.4) is 0 Å². The lowest BCUT2D eigenvalue weighted by Gasteiger charge is -2.31. The maximum Gasteiger partial charge on any atom is 0.168 e. The molecule has 4 rings (SSSR count). The summed E-state index contributed by atoms with van der Waals surface area (Å²) in [5, 5.41) is 0. The highest BCUT2D eigenvalue weighted by molar-refractivity contribution is 5.34. The lowest BCUT2D eigenvalue weighted by Crippen LogP contribution is -2.22. The normalized spacial score (nSPS) is 24.3. The molecule has 0 N–H and O–H groups in total. The molecule has 36 heavy (non-hydrogen) atoms. The van der Waals surface area contributed by atoms with Crippen LogP contribution in [0.25, 0.3) is 0 Å². The van der Waals surface area contributed by atoms with Gasteiger partial charge in [0.2, 0.25) is 0 Å². The van der Waals surface area contributed by atoms with Gasteiger partial charge in [-0.1, -0.05) is 24.8 Å². The number of halogens is 3. The number of benzene rings is 2. The summed E-state index contributed by atoms with van der Waals surface area (Å²) in [6, 6.07) is 8.16. The van der Waals surface area contributed by atoms with Gasteiger partial charge in [-0.05, 0) is 99.3 Å². The molecule has 0 bridgehead atoms. The average Bonchev–Trinajstić information content (AvgIpc) is 2.90. The summed E-state index contributed by atoms with van der Waals surface area (Å²) >= 11 is 0. The van der Waals surface area contributed by atoms with E-state index in [0.717, 1.165) is 51.4 Å². The summed E-state index contributed by atoms with van der Waals surface area (Å²) in [5.74, 6) is -0.883. The van der Waals surface area contributed by atoms with Crippen molar-refractivity contribution < 1.29 is 27.4 Å². The van der Waals surface area contributed by atoms with Crippen LogP contribution in [-0.2, 0) is 4.74 Å². The molecular weight excluding hydrogens is 465 g/mol. The molecule has 196 valence electrons. The largest absolute Gasteiger partial charge is 0.490 e. The molecule has 2 aliphatic carbocycles. The second-order valence-electron chi connectivity index (χ2n) is 10.0. The summed E-state index contributed by atoms with van der Waals surface area (Å²) in [4.78, 5) is 0. The quantitative estimate of drug-likeness (QED) is 0.307. The molecule has 0 atom stereocenters. The van der Waals surface area contributed by atoms with Gasteiger partial charge in [-0.2, -0.15) is 0 Å². The van der Waals surface area contributed by atoms with Gasteiger partial charge in [-0.25, -0.2) is 13.2 Å². The molecule has 0 amide bonds. The van der Waals surface area contributed by atoms with E-state index in [0.29, 0.717) is 36.7 Å². The van der Waals surface area contributed by atoms with E-state index in [1.165, 1.54) is 6.07 Å². The molecular formula is C30H37F3O3. The number of ether oxygens (including phenoxy) is 3. The first-order chi connectivity index (χ1) is 17.5. The average molecular weight is 503 g/mol. The molecule has 2 aromatic carbocycles. The van der Waals surface area contributed by atoms with Gasteiger partial charge in [0.05, 0.1) is 12.7 Å². The zero-order valence-corrected chi connectivity index (χ0v) is 21.1. The van der Waals surface area contributed by atoms with Crippen LogP contribution < -0.4 is 9.47 Å². The van der Waals surface area contributed by atoms with Gasteiger partial charge in [0.1, 0.15) is 12.4 Å². The van der Waals surface area contributed by atoms with Crippen LogP contribution in [0, 0.1) is 23.4 Å². The van der Waals surface area contributed by atoms with Crippen molar-refractivity contribution in [3.05, 3.63) is 71.6 Å². The van der Waals surface area contributed by atoms with Crippen LogP contribution in [-0.4, -0.2) is 25.9 Å². The SMILES string of the molecule is C=CCOc1ccc(OCC2CCC(c3ccc(C4CCC(OCC)CC4)c(F)c3F)CC2)c(F)c1. The molecule has 2 fully saturated rings. The first-order valence-electron chi connectivity index (χ1n) is 13.3. The minimum Gasteiger partial charge on any atom is -0.490 e. The molecule has 0 aliphatic heterocycles. The molecule has 2 aromatic rings. The van der Waals surface area contributed by atoms with E-state index >= 15 is 8.78 Å². The van der Waals surface area contributed by atoms with Gasteiger partial charge in [0, 0.05) is 12.7 Å². The predicted octanol–water partition coefficient (Wildman–Crippen LogP) is 8.08. The van der Waals surface area contributed by atoms with Crippen molar-refractivity contribution in [2.75, 3.05) is 19.8 Å². The minimum atomic E-state index is -0.681. The molecule has 2 aliphatic rings. The summed E-state index contributed by atoms with van der Waals surface area (Å²) in [5.41, 5.74) is 0.996. The highest BCUT2D eigenvalue weighted by atomic mass is 19.2. The van der Waals surface area contributed by atoms with E-state index in [2.05, 4.69) is 6.58 Å². The van der Waals surface area contributed by atoms with Gasteiger partial charge in [0.15, 0.2) is 23.2 Å². The van der Waals surface area contributed by atoms with Crippen molar-refractivity contribution in [3.8, 4) is 11.5 Å². The Morgan fingerprint density at radius 2 is 1.44 bits per heavy atom. The Balaban J connectivity index is 1.29. The third-order valence-corrected chi connectivity index (χ3v) is 7.69. The fourth-order valence-corrected chi connectivity index (χ4v) is 5.68. The molecule has 0 aromatic heterocycles. The van der Waals surface area contributed by atoms with Crippen molar-refractivity contribution in [3.63, 3.8) is 0 Å². The van der Waals surface area contributed by atoms with Crippen LogP contribution >= 0.6 is 0 Å². The summed E-state index contributed by atoms with van der Waals surface area (Å²) in [6.07, 6.45) is 8.48. The Morgan fingerprint density at radius 3 is 2.00 bits per heavy atom. The first-order valence-corrected chi connectivity index (χ1v) is 13.3.